The Labute approximate surface area is 219 Å². The number of carboxylic acids is 2. The summed E-state index contributed by atoms with van der Waals surface area (Å²) in [7, 11) is 0. The SMILES string of the molecule is C[C@@]1(C2CCCC2)Cc2cc(OC3CCC(C(=O)N[C@@H](CCC(=O)O)C(=O)O)C3)c(Cl)c(Cl)c2C1=O. The van der Waals surface area contributed by atoms with Crippen LogP contribution in [0.1, 0.15) is 80.6 Å². The zero-order valence-corrected chi connectivity index (χ0v) is 21.7. The first kappa shape index (κ1) is 26.7. The Morgan fingerprint density at radius 2 is 1.83 bits per heavy atom. The van der Waals surface area contributed by atoms with Gasteiger partial charge in [-0.25, -0.2) is 4.79 Å². The Balaban J connectivity index is 1.42. The number of nitrogens with one attached hydrogen (secondary N) is 1. The number of aliphatic carboxylic acids is 2. The van der Waals surface area contributed by atoms with Crippen molar-refractivity contribution in [1.29, 1.82) is 0 Å². The molecule has 3 aliphatic rings. The molecule has 2 fully saturated rings. The zero-order valence-electron chi connectivity index (χ0n) is 20.1. The first-order valence-corrected chi connectivity index (χ1v) is 13.2. The number of fused-ring (bicyclic) bond motifs is 1. The number of carbonyl (C=O) groups excluding carboxylic acids is 2. The lowest BCUT2D eigenvalue weighted by Crippen LogP contribution is -2.43. The Morgan fingerprint density at radius 3 is 2.47 bits per heavy atom. The van der Waals surface area contributed by atoms with Crippen LogP contribution in [0.2, 0.25) is 10.0 Å². The van der Waals surface area contributed by atoms with Crippen LogP contribution >= 0.6 is 23.2 Å². The third-order valence-electron chi connectivity index (χ3n) is 8.13. The largest absolute Gasteiger partial charge is 0.489 e. The van der Waals surface area contributed by atoms with E-state index in [2.05, 4.69) is 5.32 Å². The molecule has 1 amide bonds. The van der Waals surface area contributed by atoms with Crippen LogP contribution in [0.15, 0.2) is 6.07 Å². The van der Waals surface area contributed by atoms with Gasteiger partial charge >= 0.3 is 11.9 Å². The molecule has 3 N–H and O–H groups in total. The van der Waals surface area contributed by atoms with Crippen molar-refractivity contribution >= 4 is 46.8 Å². The van der Waals surface area contributed by atoms with Crippen molar-refractivity contribution in [3.8, 4) is 5.75 Å². The molecule has 2 unspecified atom stereocenters. The van der Waals surface area contributed by atoms with Crippen molar-refractivity contribution < 1.29 is 34.1 Å². The van der Waals surface area contributed by atoms with E-state index in [1.54, 1.807) is 6.07 Å². The maximum Gasteiger partial charge on any atom is 0.326 e. The minimum Gasteiger partial charge on any atom is -0.489 e. The number of ether oxygens (including phenoxy) is 1. The second-order valence-electron chi connectivity index (χ2n) is 10.5. The van der Waals surface area contributed by atoms with Crippen molar-refractivity contribution in [2.75, 3.05) is 0 Å². The molecule has 0 aromatic heterocycles. The van der Waals surface area contributed by atoms with E-state index in [9.17, 15) is 24.3 Å². The molecule has 0 heterocycles. The molecule has 0 bridgehead atoms. The molecule has 1 aromatic rings. The highest BCUT2D eigenvalue weighted by molar-refractivity contribution is 6.45. The summed E-state index contributed by atoms with van der Waals surface area (Å²) in [4.78, 5) is 48.2. The zero-order chi connectivity index (χ0) is 26.2. The van der Waals surface area contributed by atoms with Gasteiger partial charge in [-0.05, 0) is 62.5 Å². The minimum atomic E-state index is -1.27. The first-order valence-electron chi connectivity index (χ1n) is 12.5. The Kier molecular flexibility index (Phi) is 7.86. The molecule has 8 nitrogen and oxygen atoms in total. The van der Waals surface area contributed by atoms with E-state index in [0.717, 1.165) is 31.2 Å². The van der Waals surface area contributed by atoms with Gasteiger partial charge in [0.25, 0.3) is 0 Å². The van der Waals surface area contributed by atoms with Crippen molar-refractivity contribution in [1.82, 2.24) is 5.32 Å². The molecule has 0 aliphatic heterocycles. The Bertz CT molecular complexity index is 1080. The van der Waals surface area contributed by atoms with E-state index in [4.69, 9.17) is 33.0 Å². The predicted molar refractivity (Wildman–Crippen MR) is 133 cm³/mol. The summed E-state index contributed by atoms with van der Waals surface area (Å²) in [5, 5.41) is 21.0. The molecule has 10 heteroatoms. The molecule has 0 radical (unpaired) electrons. The van der Waals surface area contributed by atoms with Gasteiger partial charge in [0.05, 0.1) is 11.1 Å². The molecule has 36 heavy (non-hydrogen) atoms. The predicted octanol–water partition coefficient (Wildman–Crippen LogP) is 4.91. The van der Waals surface area contributed by atoms with Gasteiger partial charge in [0, 0.05) is 23.3 Å². The quantitative estimate of drug-likeness (QED) is 0.406. The van der Waals surface area contributed by atoms with Crippen molar-refractivity contribution in [2.45, 2.75) is 83.3 Å². The molecular formula is C26H31Cl2NO7. The first-order chi connectivity index (χ1) is 17.0. The average Bonchev–Trinajstić information content (AvgIpc) is 3.56. The van der Waals surface area contributed by atoms with Crippen LogP contribution in [-0.4, -0.2) is 46.0 Å². The lowest BCUT2D eigenvalue weighted by Gasteiger charge is -2.29. The standard InChI is InChI=1S/C26H31Cl2NO7/c1-26(15-4-2-3-5-15)12-14-11-18(21(27)22(28)20(14)23(26)32)36-16-7-6-13(10-16)24(33)29-17(25(34)35)8-9-19(30)31/h11,13,15-17H,2-10,12H2,1H3,(H,29,33)(H,30,31)(H,34,35)/t13?,16?,17-,26-/m0/s1. The number of benzene rings is 1. The Hall–Kier alpha value is -2.32. The smallest absolute Gasteiger partial charge is 0.326 e. The molecule has 4 atom stereocenters. The second-order valence-corrected chi connectivity index (χ2v) is 11.3. The number of carboxylic acid groups (broad SMARTS) is 2. The lowest BCUT2D eigenvalue weighted by molar-refractivity contribution is -0.143. The van der Waals surface area contributed by atoms with Gasteiger partial charge in [0.15, 0.2) is 5.78 Å². The number of Topliss-reactive ketones (excluding diaryl/α,β-unsaturated/α-hetero) is 1. The van der Waals surface area contributed by atoms with E-state index in [-0.39, 0.29) is 34.8 Å². The van der Waals surface area contributed by atoms with Gasteiger partial charge < -0.3 is 20.3 Å². The molecule has 4 rings (SSSR count). The minimum absolute atomic E-state index is 0.0522. The number of carbonyl (C=O) groups is 4. The van der Waals surface area contributed by atoms with Crippen LogP contribution in [0.3, 0.4) is 0 Å². The number of halogens is 2. The second kappa shape index (κ2) is 10.6. The summed E-state index contributed by atoms with van der Waals surface area (Å²) in [6.45, 7) is 2.02. The highest BCUT2D eigenvalue weighted by Gasteiger charge is 2.49. The fraction of sp³-hybridized carbons (Fsp3) is 0.615. The van der Waals surface area contributed by atoms with E-state index in [0.29, 0.717) is 42.9 Å². The Morgan fingerprint density at radius 1 is 1.14 bits per heavy atom. The van der Waals surface area contributed by atoms with Gasteiger partial charge in [-0.1, -0.05) is 43.0 Å². The van der Waals surface area contributed by atoms with Crippen LogP contribution < -0.4 is 10.1 Å². The summed E-state index contributed by atoms with van der Waals surface area (Å²) < 4.78 is 6.15. The van der Waals surface area contributed by atoms with Gasteiger partial charge in [-0.15, -0.1) is 0 Å². The van der Waals surface area contributed by atoms with E-state index in [1.165, 1.54) is 0 Å². The van der Waals surface area contributed by atoms with Crippen LogP contribution in [0.25, 0.3) is 0 Å². The maximum absolute atomic E-state index is 13.4. The van der Waals surface area contributed by atoms with Gasteiger partial charge in [-0.3, -0.25) is 14.4 Å². The average molecular weight is 540 g/mol. The number of amides is 1. The lowest BCUT2D eigenvalue weighted by atomic mass is 9.73. The number of hydrogen-bond acceptors (Lipinski definition) is 5. The van der Waals surface area contributed by atoms with Gasteiger partial charge in [0.2, 0.25) is 5.91 Å². The molecule has 0 spiro atoms. The summed E-state index contributed by atoms with van der Waals surface area (Å²) in [6, 6.07) is 0.548. The van der Waals surface area contributed by atoms with Crippen LogP contribution in [0.5, 0.6) is 5.75 Å². The van der Waals surface area contributed by atoms with Crippen LogP contribution in [0.4, 0.5) is 0 Å². The maximum atomic E-state index is 13.4. The third kappa shape index (κ3) is 5.21. The molecule has 196 valence electrons. The van der Waals surface area contributed by atoms with E-state index >= 15 is 0 Å². The molecular weight excluding hydrogens is 509 g/mol. The van der Waals surface area contributed by atoms with Gasteiger partial charge in [0.1, 0.15) is 16.8 Å². The van der Waals surface area contributed by atoms with Crippen LogP contribution in [0, 0.1) is 17.3 Å². The topological polar surface area (TPSA) is 130 Å². The fourth-order valence-corrected chi connectivity index (χ4v) is 6.55. The van der Waals surface area contributed by atoms with Crippen molar-refractivity contribution in [2.24, 2.45) is 17.3 Å². The number of rotatable bonds is 9. The molecule has 0 saturated heterocycles. The third-order valence-corrected chi connectivity index (χ3v) is 8.97. The molecule has 3 aliphatic carbocycles. The van der Waals surface area contributed by atoms with Crippen molar-refractivity contribution in [3.63, 3.8) is 0 Å². The summed E-state index contributed by atoms with van der Waals surface area (Å²) in [6.07, 6.45) is 5.50. The molecule has 2 saturated carbocycles. The molecule has 1 aromatic carbocycles. The van der Waals surface area contributed by atoms with E-state index in [1.807, 2.05) is 6.92 Å². The van der Waals surface area contributed by atoms with Gasteiger partial charge in [-0.2, -0.15) is 0 Å². The number of ketones is 1. The summed E-state index contributed by atoms with van der Waals surface area (Å²) in [5.41, 5.74) is 0.851. The highest BCUT2D eigenvalue weighted by atomic mass is 35.5. The van der Waals surface area contributed by atoms with Crippen LogP contribution in [-0.2, 0) is 20.8 Å². The summed E-state index contributed by atoms with van der Waals surface area (Å²) in [5.74, 6) is -2.52. The summed E-state index contributed by atoms with van der Waals surface area (Å²) >= 11 is 13.1. The normalized spacial score (nSPS) is 26.6. The van der Waals surface area contributed by atoms with Crippen molar-refractivity contribution in [3.05, 3.63) is 27.2 Å². The highest BCUT2D eigenvalue weighted by Crippen LogP contribution is 2.52. The fourth-order valence-electron chi connectivity index (χ4n) is 6.06. The monoisotopic (exact) mass is 539 g/mol. The van der Waals surface area contributed by atoms with E-state index < -0.39 is 35.2 Å². The number of hydrogen-bond donors (Lipinski definition) is 3.